The molecule has 0 saturated carbocycles. The van der Waals surface area contributed by atoms with Crippen LogP contribution in [0.2, 0.25) is 5.02 Å². The lowest BCUT2D eigenvalue weighted by Gasteiger charge is -2.48. The van der Waals surface area contributed by atoms with Crippen LogP contribution in [0.3, 0.4) is 0 Å². The van der Waals surface area contributed by atoms with Crippen molar-refractivity contribution in [1.82, 2.24) is 19.8 Å². The average Bonchev–Trinajstić information content (AvgIpc) is 3.27. The number of hydrogen-bond acceptors (Lipinski definition) is 18. The van der Waals surface area contributed by atoms with Crippen LogP contribution in [0.15, 0.2) is 24.3 Å². The van der Waals surface area contributed by atoms with Crippen LogP contribution in [0.1, 0.15) is 108 Å². The van der Waals surface area contributed by atoms with E-state index in [9.17, 15) is 30.3 Å². The monoisotopic (exact) mass is 997 g/mol. The zero-order chi connectivity index (χ0) is 52.1. The number of carbonyl (C=O) groups excluding carboxylic acids is 1. The van der Waals surface area contributed by atoms with E-state index in [1.54, 1.807) is 41.5 Å². The van der Waals surface area contributed by atoms with Crippen LogP contribution in [-0.2, 0) is 39.6 Å². The van der Waals surface area contributed by atoms with Gasteiger partial charge in [-0.15, -0.1) is 0 Å². The van der Waals surface area contributed by atoms with Crippen LogP contribution >= 0.6 is 11.6 Å². The molecule has 3 fully saturated rings. The third kappa shape index (κ3) is 14.0. The molecule has 0 bridgehead atoms. The number of rotatable bonds is 9. The molecule has 18 atom stereocenters. The Morgan fingerprint density at radius 1 is 0.928 bits per heavy atom. The summed E-state index contributed by atoms with van der Waals surface area (Å²) in [5.41, 5.74) is 9.74. The zero-order valence-corrected chi connectivity index (χ0v) is 44.4. The number of likely N-dealkylation sites (N-methyl/N-ethyl adjacent to an activating group) is 2. The number of anilines is 2. The number of methoxy groups -OCH3 is 1. The van der Waals surface area contributed by atoms with Gasteiger partial charge in [0.1, 0.15) is 35.8 Å². The summed E-state index contributed by atoms with van der Waals surface area (Å²) >= 11 is 5.86. The quantitative estimate of drug-likeness (QED) is 0.172. The number of cyclic esters (lactones) is 1. The van der Waals surface area contributed by atoms with Crippen LogP contribution in [0.4, 0.5) is 11.8 Å². The molecule has 8 unspecified atom stereocenters. The first-order chi connectivity index (χ1) is 32.0. The molecule has 394 valence electrons. The molecular weight excluding hydrogens is 912 g/mol. The molecule has 0 aliphatic carbocycles. The summed E-state index contributed by atoms with van der Waals surface area (Å²) in [7, 11) is 7.12. The Morgan fingerprint density at radius 2 is 1.55 bits per heavy atom. The largest absolute Gasteiger partial charge is 0.459 e. The SMILES string of the molecule is CC[C@H]1OC(=O)[C@H](C)[C@@H](OC2CC(C)(OC)C(O)C(C)O2)[C@H](C)[C@@H](OC2OC(C)CC(N(C)C)C2O)[C@](C)(O)C[C@@H](C)CN(C)[C@H](C)[C@@H](O)[C@]1(C)O.CCc1nc(N)nc(N)c1-c1ccc(Cl)cc1. The molecule has 69 heavy (non-hydrogen) atoms. The number of halogens is 1. The number of nitrogens with zero attached hydrogens (tertiary/aromatic N) is 4. The second-order valence-electron chi connectivity index (χ2n) is 20.8. The van der Waals surface area contributed by atoms with E-state index < -0.39 is 96.0 Å². The Labute approximate surface area is 415 Å². The van der Waals surface area contributed by atoms with Gasteiger partial charge in [0.15, 0.2) is 12.6 Å². The molecule has 2 aromatic rings. The fourth-order valence-corrected chi connectivity index (χ4v) is 10.6. The number of nitrogen functional groups attached to an aromatic ring is 2. The molecule has 0 amide bonds. The number of nitrogens with two attached hydrogens (primary N) is 2. The molecule has 3 aliphatic rings. The predicted octanol–water partition coefficient (Wildman–Crippen LogP) is 4.42. The maximum atomic E-state index is 14.2. The highest BCUT2D eigenvalue weighted by molar-refractivity contribution is 6.30. The van der Waals surface area contributed by atoms with Gasteiger partial charge in [-0.3, -0.25) is 4.79 Å². The second kappa shape index (κ2) is 24.3. The normalized spacial score (nSPS) is 40.0. The highest BCUT2D eigenvalue weighted by atomic mass is 35.5. The van der Waals surface area contributed by atoms with Gasteiger partial charge in [-0.25, -0.2) is 4.98 Å². The Hall–Kier alpha value is -2.82. The molecule has 4 heterocycles. The number of aliphatic hydroxyl groups is 5. The number of hydrogen-bond donors (Lipinski definition) is 7. The predicted molar refractivity (Wildman–Crippen MR) is 265 cm³/mol. The van der Waals surface area contributed by atoms with E-state index >= 15 is 0 Å². The molecule has 3 aliphatic heterocycles. The summed E-state index contributed by atoms with van der Waals surface area (Å²) in [5, 5.41) is 58.8. The summed E-state index contributed by atoms with van der Waals surface area (Å²) in [6.07, 6.45) is -7.44. The first-order valence-electron chi connectivity index (χ1n) is 24.4. The van der Waals surface area contributed by atoms with E-state index in [2.05, 4.69) is 9.97 Å². The third-order valence-corrected chi connectivity index (χ3v) is 15.0. The summed E-state index contributed by atoms with van der Waals surface area (Å²) in [6, 6.07) is 6.61. The van der Waals surface area contributed by atoms with Crippen LogP contribution in [0, 0.1) is 17.8 Å². The maximum absolute atomic E-state index is 14.2. The topological polar surface area (TPSA) is 258 Å². The van der Waals surface area contributed by atoms with Crippen molar-refractivity contribution < 1.29 is 58.7 Å². The lowest BCUT2D eigenvalue weighted by Crippen LogP contribution is -2.60. The maximum Gasteiger partial charge on any atom is 0.311 e. The first kappa shape index (κ1) is 58.7. The Kier molecular flexibility index (Phi) is 20.7. The van der Waals surface area contributed by atoms with Gasteiger partial charge in [0.25, 0.3) is 0 Å². The van der Waals surface area contributed by atoms with Gasteiger partial charge in [-0.1, -0.05) is 51.4 Å². The Morgan fingerprint density at radius 3 is 2.12 bits per heavy atom. The van der Waals surface area contributed by atoms with E-state index in [0.717, 1.165) is 23.2 Å². The molecule has 1 aromatic heterocycles. The molecular formula is C50H85ClN6O12. The molecule has 1 aromatic carbocycles. The Bertz CT molecular complexity index is 1950. The number of aromatic nitrogens is 2. The minimum Gasteiger partial charge on any atom is -0.459 e. The third-order valence-electron chi connectivity index (χ3n) is 14.7. The van der Waals surface area contributed by atoms with E-state index in [-0.39, 0.29) is 43.3 Å². The van der Waals surface area contributed by atoms with Crippen molar-refractivity contribution in [1.29, 1.82) is 0 Å². The molecule has 19 heteroatoms. The van der Waals surface area contributed by atoms with Crippen molar-refractivity contribution in [3.8, 4) is 11.1 Å². The molecule has 3 saturated heterocycles. The van der Waals surface area contributed by atoms with Crippen LogP contribution in [0.25, 0.3) is 11.1 Å². The molecule has 5 rings (SSSR count). The van der Waals surface area contributed by atoms with E-state index in [1.807, 2.05) is 82.9 Å². The van der Waals surface area contributed by atoms with Crippen molar-refractivity contribution in [2.45, 2.75) is 199 Å². The molecule has 9 N–H and O–H groups in total. The van der Waals surface area contributed by atoms with Crippen molar-refractivity contribution in [2.24, 2.45) is 17.8 Å². The Balaban J connectivity index is 0.000000507. The van der Waals surface area contributed by atoms with Gasteiger partial charge in [0, 0.05) is 48.7 Å². The fourth-order valence-electron chi connectivity index (χ4n) is 10.5. The summed E-state index contributed by atoms with van der Waals surface area (Å²) in [4.78, 5) is 26.2. The standard InChI is InChI=1S/C38H72N2O12.C12H13ClN4/c1-15-27-38(10,46)31(42)24(6)40(13)19-20(2)17-36(8,45)33(52-35-29(41)26(39(11)12)16-21(3)48-35)22(4)30(23(5)34(44)50-27)51-28-18-37(9,47-14)32(43)25(7)49-28;1-2-9-10(11(14)17-12(15)16-9)7-3-5-8(13)6-4-7/h20-33,35,41-43,45-46H,15-19H2,1-14H3;3-6H,2H2,1H3,(H4,14,15,16,17)/t20-,21?,22+,23-,24-,25?,26?,27-,28?,29?,30+,31-,32?,33-,35?,36-,37?,38-;/m1./s1. The van der Waals surface area contributed by atoms with Crippen molar-refractivity contribution in [3.05, 3.63) is 35.0 Å². The van der Waals surface area contributed by atoms with Gasteiger partial charge in [0.05, 0.1) is 47.2 Å². The zero-order valence-electron chi connectivity index (χ0n) is 43.6. The number of aryl methyl sites for hydroxylation is 1. The fraction of sp³-hybridized carbons (Fsp3) is 0.780. The van der Waals surface area contributed by atoms with Crippen LogP contribution < -0.4 is 11.5 Å². The highest BCUT2D eigenvalue weighted by Crippen LogP contribution is 2.40. The van der Waals surface area contributed by atoms with Gasteiger partial charge in [0.2, 0.25) is 5.95 Å². The summed E-state index contributed by atoms with van der Waals surface area (Å²) in [5.74, 6) is -1.98. The second-order valence-corrected chi connectivity index (χ2v) is 21.3. The number of benzene rings is 1. The van der Waals surface area contributed by atoms with E-state index in [1.165, 1.54) is 14.0 Å². The first-order valence-corrected chi connectivity index (χ1v) is 24.8. The van der Waals surface area contributed by atoms with Gasteiger partial charge < -0.3 is 75.2 Å². The number of carbonyl (C=O) groups is 1. The van der Waals surface area contributed by atoms with Crippen LogP contribution in [-0.4, -0.2) is 176 Å². The minimum absolute atomic E-state index is 0.133. The minimum atomic E-state index is -1.80. The average molecular weight is 998 g/mol. The molecule has 0 spiro atoms. The van der Waals surface area contributed by atoms with Gasteiger partial charge in [-0.05, 0) is 119 Å². The van der Waals surface area contributed by atoms with Crippen molar-refractivity contribution >= 4 is 29.3 Å². The van der Waals surface area contributed by atoms with Crippen LogP contribution in [0.5, 0.6) is 0 Å². The lowest BCUT2D eigenvalue weighted by molar-refractivity contribution is -0.318. The number of aliphatic hydroxyl groups excluding tert-OH is 3. The van der Waals surface area contributed by atoms with Gasteiger partial charge in [-0.2, -0.15) is 4.98 Å². The molecule has 18 nitrogen and oxygen atoms in total. The lowest BCUT2D eigenvalue weighted by atomic mass is 9.77. The number of esters is 1. The van der Waals surface area contributed by atoms with Gasteiger partial charge >= 0.3 is 5.97 Å². The van der Waals surface area contributed by atoms with Crippen molar-refractivity contribution in [2.75, 3.05) is 46.3 Å². The smallest absolute Gasteiger partial charge is 0.311 e. The summed E-state index contributed by atoms with van der Waals surface area (Å²) in [6.45, 7) is 20.0. The summed E-state index contributed by atoms with van der Waals surface area (Å²) < 4.78 is 37.5. The molecule has 0 radical (unpaired) electrons. The van der Waals surface area contributed by atoms with E-state index in [4.69, 9.17) is 51.5 Å². The number of ether oxygens (including phenoxy) is 6. The van der Waals surface area contributed by atoms with E-state index in [0.29, 0.717) is 23.8 Å². The van der Waals surface area contributed by atoms with Crippen molar-refractivity contribution in [3.63, 3.8) is 0 Å². The highest BCUT2D eigenvalue weighted by Gasteiger charge is 2.52.